The fraction of sp³-hybridized carbons (Fsp3) is 0.765. The predicted octanol–water partition coefficient (Wildman–Crippen LogP) is 0.922. The second-order valence-electron chi connectivity index (χ2n) is 7.26. The van der Waals surface area contributed by atoms with Gasteiger partial charge in [0.05, 0.1) is 19.8 Å². The molecule has 6 nitrogen and oxygen atoms in total. The molecule has 0 spiro atoms. The predicted molar refractivity (Wildman–Crippen MR) is 86.0 cm³/mol. The molecule has 0 radical (unpaired) electrons. The first kappa shape index (κ1) is 16.0. The largest absolute Gasteiger partial charge is 0.379 e. The lowest BCUT2D eigenvalue weighted by molar-refractivity contribution is -0.141. The first-order valence-electron chi connectivity index (χ1n) is 8.92. The summed E-state index contributed by atoms with van der Waals surface area (Å²) in [6, 6.07) is 0. The van der Waals surface area contributed by atoms with E-state index in [0.29, 0.717) is 25.3 Å². The number of hydrogen-bond donors (Lipinski definition) is 0. The van der Waals surface area contributed by atoms with E-state index in [4.69, 9.17) is 4.74 Å². The van der Waals surface area contributed by atoms with Crippen LogP contribution < -0.4 is 0 Å². The molecule has 1 amide bonds. The van der Waals surface area contributed by atoms with Crippen LogP contribution in [0.3, 0.4) is 0 Å². The Kier molecular flexibility index (Phi) is 4.54. The van der Waals surface area contributed by atoms with Gasteiger partial charge in [0.25, 0.3) is 0 Å². The monoisotopic (exact) mass is 336 g/mol. The minimum atomic E-state index is -0.794. The van der Waals surface area contributed by atoms with Gasteiger partial charge in [-0.05, 0) is 12.8 Å². The highest BCUT2D eigenvalue weighted by atomic mass is 19.1. The van der Waals surface area contributed by atoms with Crippen molar-refractivity contribution in [2.45, 2.75) is 32.1 Å². The van der Waals surface area contributed by atoms with E-state index in [-0.39, 0.29) is 11.8 Å². The lowest BCUT2D eigenvalue weighted by atomic mass is 9.82. The molecule has 3 aliphatic rings. The smallest absolute Gasteiger partial charge is 0.226 e. The van der Waals surface area contributed by atoms with Gasteiger partial charge in [0.15, 0.2) is 0 Å². The Hall–Kier alpha value is -1.47. The summed E-state index contributed by atoms with van der Waals surface area (Å²) < 4.78 is 20.7. The lowest BCUT2D eigenvalue weighted by Gasteiger charge is -2.35. The molecule has 0 bridgehead atoms. The molecule has 1 atom stereocenters. The van der Waals surface area contributed by atoms with Crippen molar-refractivity contribution in [1.82, 2.24) is 19.4 Å². The average molecular weight is 336 g/mol. The van der Waals surface area contributed by atoms with Gasteiger partial charge in [-0.15, -0.1) is 0 Å². The summed E-state index contributed by atoms with van der Waals surface area (Å²) in [5.74, 6) is 1.27. The van der Waals surface area contributed by atoms with E-state index >= 15 is 0 Å². The van der Waals surface area contributed by atoms with Gasteiger partial charge in [-0.25, -0.2) is 9.37 Å². The number of morpholine rings is 1. The van der Waals surface area contributed by atoms with E-state index in [1.807, 2.05) is 11.1 Å². The first-order valence-corrected chi connectivity index (χ1v) is 8.92. The zero-order chi connectivity index (χ0) is 16.5. The number of rotatable bonds is 3. The van der Waals surface area contributed by atoms with E-state index in [2.05, 4.69) is 14.5 Å². The van der Waals surface area contributed by atoms with Gasteiger partial charge in [0.1, 0.15) is 12.0 Å². The number of ether oxygens (including phenoxy) is 1. The van der Waals surface area contributed by atoms with Crippen LogP contribution in [0.1, 0.15) is 18.7 Å². The van der Waals surface area contributed by atoms with E-state index in [0.717, 1.165) is 51.8 Å². The number of carbonyl (C=O) groups is 1. The molecule has 7 heteroatoms. The van der Waals surface area contributed by atoms with E-state index < -0.39 is 6.17 Å². The molecule has 3 heterocycles. The first-order chi connectivity index (χ1) is 11.7. The van der Waals surface area contributed by atoms with Crippen LogP contribution in [0.2, 0.25) is 0 Å². The van der Waals surface area contributed by atoms with Gasteiger partial charge in [0, 0.05) is 57.0 Å². The molecule has 1 saturated heterocycles. The van der Waals surface area contributed by atoms with Gasteiger partial charge in [-0.1, -0.05) is 0 Å². The van der Waals surface area contributed by atoms with Crippen LogP contribution >= 0.6 is 0 Å². The van der Waals surface area contributed by atoms with Crippen LogP contribution in [0.4, 0.5) is 4.39 Å². The number of nitrogens with zero attached hydrogens (tertiary/aromatic N) is 4. The van der Waals surface area contributed by atoms with Crippen LogP contribution in [0, 0.1) is 11.8 Å². The normalized spacial score (nSPS) is 31.2. The summed E-state index contributed by atoms with van der Waals surface area (Å²) in [7, 11) is 0. The number of amides is 1. The third-order valence-electron chi connectivity index (χ3n) is 5.43. The van der Waals surface area contributed by atoms with Crippen molar-refractivity contribution in [2.75, 3.05) is 39.4 Å². The van der Waals surface area contributed by atoms with Gasteiger partial charge >= 0.3 is 0 Å². The molecule has 0 N–H and O–H groups in total. The van der Waals surface area contributed by atoms with Crippen molar-refractivity contribution < 1.29 is 13.9 Å². The van der Waals surface area contributed by atoms with Crippen molar-refractivity contribution in [3.8, 4) is 0 Å². The SMILES string of the molecule is O=C(C1CC(F)C1)N1Cc2nccn2C[C@@H](CN2CCOCC2)C1. The number of fused-ring (bicyclic) bond motifs is 1. The maximum absolute atomic E-state index is 13.1. The van der Waals surface area contributed by atoms with Crippen LogP contribution in [0.15, 0.2) is 12.4 Å². The van der Waals surface area contributed by atoms with Gasteiger partial charge in [-0.2, -0.15) is 0 Å². The lowest BCUT2D eigenvalue weighted by Crippen LogP contribution is -2.46. The summed E-state index contributed by atoms with van der Waals surface area (Å²) in [5, 5.41) is 0. The number of halogens is 1. The Labute approximate surface area is 141 Å². The number of carbonyl (C=O) groups excluding carboxylic acids is 1. The Balaban J connectivity index is 1.46. The van der Waals surface area contributed by atoms with E-state index in [9.17, 15) is 9.18 Å². The van der Waals surface area contributed by atoms with Crippen LogP contribution in [0.5, 0.6) is 0 Å². The fourth-order valence-corrected chi connectivity index (χ4v) is 3.98. The molecule has 2 aliphatic heterocycles. The van der Waals surface area contributed by atoms with Gasteiger partial charge in [-0.3, -0.25) is 9.69 Å². The number of alkyl halides is 1. The Morgan fingerprint density at radius 3 is 2.83 bits per heavy atom. The molecule has 0 unspecified atom stereocenters. The van der Waals surface area contributed by atoms with Crippen LogP contribution in [0.25, 0.3) is 0 Å². The number of hydrogen-bond acceptors (Lipinski definition) is 4. The summed E-state index contributed by atoms with van der Waals surface area (Å²) >= 11 is 0. The van der Waals surface area contributed by atoms with E-state index in [1.54, 1.807) is 6.20 Å². The number of imidazole rings is 1. The maximum Gasteiger partial charge on any atom is 0.226 e. The van der Waals surface area contributed by atoms with Crippen molar-refractivity contribution in [3.05, 3.63) is 18.2 Å². The van der Waals surface area contributed by atoms with Crippen molar-refractivity contribution in [2.24, 2.45) is 11.8 Å². The molecule has 132 valence electrons. The zero-order valence-electron chi connectivity index (χ0n) is 13.9. The average Bonchev–Trinajstić information content (AvgIpc) is 2.91. The molecule has 2 fully saturated rings. The second kappa shape index (κ2) is 6.80. The third-order valence-corrected chi connectivity index (χ3v) is 5.43. The summed E-state index contributed by atoms with van der Waals surface area (Å²) in [6.07, 6.45) is 3.78. The standard InChI is InChI=1S/C17H25FN4O2/c18-15-7-14(8-15)17(23)22-11-13(9-20-3-5-24-6-4-20)10-21-2-1-19-16(21)12-22/h1-2,13-15H,3-12H2/t13-,14?,15?/m1/s1. The topological polar surface area (TPSA) is 50.6 Å². The summed E-state index contributed by atoms with van der Waals surface area (Å²) in [6.45, 7) is 6.58. The molecular weight excluding hydrogens is 311 g/mol. The quantitative estimate of drug-likeness (QED) is 0.824. The van der Waals surface area contributed by atoms with Crippen LogP contribution in [-0.4, -0.2) is 70.8 Å². The maximum atomic E-state index is 13.1. The highest BCUT2D eigenvalue weighted by molar-refractivity contribution is 5.79. The Bertz CT molecular complexity index is 581. The summed E-state index contributed by atoms with van der Waals surface area (Å²) in [5.41, 5.74) is 0. The highest BCUT2D eigenvalue weighted by Gasteiger charge is 2.38. The van der Waals surface area contributed by atoms with Crippen molar-refractivity contribution in [1.29, 1.82) is 0 Å². The fourth-order valence-electron chi connectivity index (χ4n) is 3.98. The molecule has 1 aliphatic carbocycles. The molecule has 24 heavy (non-hydrogen) atoms. The molecule has 0 aromatic carbocycles. The third kappa shape index (κ3) is 3.32. The molecule has 1 aromatic heterocycles. The molecule has 4 rings (SSSR count). The minimum absolute atomic E-state index is 0.104. The van der Waals surface area contributed by atoms with Crippen LogP contribution in [-0.2, 0) is 22.6 Å². The molecule has 1 aromatic rings. The zero-order valence-corrected chi connectivity index (χ0v) is 13.9. The minimum Gasteiger partial charge on any atom is -0.379 e. The van der Waals surface area contributed by atoms with E-state index in [1.165, 1.54) is 0 Å². The second-order valence-corrected chi connectivity index (χ2v) is 7.26. The Morgan fingerprint density at radius 1 is 1.29 bits per heavy atom. The van der Waals surface area contributed by atoms with Gasteiger partial charge in [0.2, 0.25) is 5.91 Å². The van der Waals surface area contributed by atoms with Crippen molar-refractivity contribution >= 4 is 5.91 Å². The number of aromatic nitrogens is 2. The molecular formula is C17H25FN4O2. The highest BCUT2D eigenvalue weighted by Crippen LogP contribution is 2.32. The summed E-state index contributed by atoms with van der Waals surface area (Å²) in [4.78, 5) is 21.5. The van der Waals surface area contributed by atoms with Gasteiger partial charge < -0.3 is 14.2 Å². The Morgan fingerprint density at radius 2 is 2.08 bits per heavy atom. The molecule has 1 saturated carbocycles. The van der Waals surface area contributed by atoms with Crippen molar-refractivity contribution in [3.63, 3.8) is 0 Å².